The van der Waals surface area contributed by atoms with Crippen LogP contribution in [0.2, 0.25) is 0 Å². The predicted molar refractivity (Wildman–Crippen MR) is 249 cm³/mol. The van der Waals surface area contributed by atoms with Crippen LogP contribution in [0.3, 0.4) is 0 Å². The highest BCUT2D eigenvalue weighted by atomic mass is 14.8. The topological polar surface area (TPSA) is 12.4 Å². The third-order valence-corrected chi connectivity index (χ3v) is 12.3. The molecule has 1 spiro atoms. The molecule has 0 radical (unpaired) electrons. The molecule has 1 atom stereocenters. The van der Waals surface area contributed by atoms with Crippen molar-refractivity contribution >= 4 is 17.0 Å². The van der Waals surface area contributed by atoms with Gasteiger partial charge in [-0.1, -0.05) is 232 Å². The summed E-state index contributed by atoms with van der Waals surface area (Å²) < 4.78 is 0. The summed E-state index contributed by atoms with van der Waals surface area (Å²) >= 11 is 0. The minimum absolute atomic E-state index is 0.0432. The molecule has 1 heteroatoms. The van der Waals surface area contributed by atoms with Crippen LogP contribution in [0.1, 0.15) is 45.9 Å². The second-order valence-corrected chi connectivity index (χ2v) is 15.6. The van der Waals surface area contributed by atoms with Crippen molar-refractivity contribution in [2.45, 2.75) is 12.3 Å². The summed E-state index contributed by atoms with van der Waals surface area (Å²) in [5.74, 6) is -0.0432. The molecule has 0 heterocycles. The number of benzene rings is 8. The Bertz CT molecular complexity index is 2900. The van der Waals surface area contributed by atoms with Crippen molar-refractivity contribution in [2.75, 3.05) is 0 Å². The Morgan fingerprint density at radius 3 is 1.56 bits per heavy atom. The zero-order valence-corrected chi connectivity index (χ0v) is 33.1. The number of fused-ring (bicyclic) bond motifs is 10. The Morgan fingerprint density at radius 2 is 0.932 bits per heavy atom. The fraction of sp³-hybridized carbons (Fsp3) is 0.0517. The Kier molecular flexibility index (Phi) is 9.08. The van der Waals surface area contributed by atoms with Crippen molar-refractivity contribution < 1.29 is 0 Å². The van der Waals surface area contributed by atoms with E-state index in [2.05, 4.69) is 202 Å². The van der Waals surface area contributed by atoms with E-state index in [0.29, 0.717) is 0 Å². The Balaban J connectivity index is 1.06. The van der Waals surface area contributed by atoms with E-state index >= 15 is 0 Å². The van der Waals surface area contributed by atoms with Crippen LogP contribution in [0.5, 0.6) is 0 Å². The van der Waals surface area contributed by atoms with E-state index in [0.717, 1.165) is 33.7 Å². The summed E-state index contributed by atoms with van der Waals surface area (Å²) in [6.45, 7) is 10.9. The summed E-state index contributed by atoms with van der Waals surface area (Å²) in [6, 6.07) is 72.3. The molecule has 1 nitrogen and oxygen atoms in total. The standard InChI is InChI=1S/C58H43N/c1-4-41(44-30-32-45(33-31-44)43-20-9-6-10-21-43)38-39(2)57(59-40(3)42-18-7-5-8-19-42)47-36-34-46(35-37-47)48-25-17-29-55-56(48)51-24-13-16-28-54(51)58(55)52-26-14-11-22-49(52)50-23-12-15-27-53(50)58/h4-39H,1,3H2,2H3/b41-38+,59-57?. The van der Waals surface area contributed by atoms with Gasteiger partial charge in [0.1, 0.15) is 0 Å². The molecule has 0 bridgehead atoms. The molecule has 0 saturated carbocycles. The Morgan fingerprint density at radius 1 is 0.458 bits per heavy atom. The normalized spacial score (nSPS) is 13.9. The molecular weight excluding hydrogens is 711 g/mol. The van der Waals surface area contributed by atoms with Gasteiger partial charge in [-0.3, -0.25) is 4.99 Å². The Hall–Kier alpha value is -7.35. The monoisotopic (exact) mass is 753 g/mol. The van der Waals surface area contributed by atoms with E-state index in [1.54, 1.807) is 0 Å². The molecule has 0 N–H and O–H groups in total. The van der Waals surface area contributed by atoms with Gasteiger partial charge in [0, 0.05) is 5.92 Å². The number of allylic oxidation sites excluding steroid dienone is 3. The number of aliphatic imine (C=N–C) groups is 1. The van der Waals surface area contributed by atoms with Gasteiger partial charge in [-0.2, -0.15) is 0 Å². The molecule has 8 aromatic rings. The van der Waals surface area contributed by atoms with E-state index in [4.69, 9.17) is 4.99 Å². The molecule has 1 unspecified atom stereocenters. The molecule has 2 aliphatic carbocycles. The van der Waals surface area contributed by atoms with Crippen LogP contribution in [0.15, 0.2) is 230 Å². The molecule has 0 aromatic heterocycles. The second kappa shape index (κ2) is 14.9. The zero-order chi connectivity index (χ0) is 39.9. The fourth-order valence-corrected chi connectivity index (χ4v) is 9.59. The number of hydrogen-bond donors (Lipinski definition) is 0. The highest BCUT2D eigenvalue weighted by Crippen LogP contribution is 2.63. The van der Waals surface area contributed by atoms with Gasteiger partial charge in [-0.05, 0) is 89.0 Å². The van der Waals surface area contributed by atoms with Gasteiger partial charge in [0.2, 0.25) is 0 Å². The van der Waals surface area contributed by atoms with Crippen LogP contribution in [0, 0.1) is 5.92 Å². The van der Waals surface area contributed by atoms with Crippen LogP contribution in [0.4, 0.5) is 0 Å². The highest BCUT2D eigenvalue weighted by Gasteiger charge is 2.51. The maximum atomic E-state index is 5.28. The summed E-state index contributed by atoms with van der Waals surface area (Å²) in [5, 5.41) is 0. The average molecular weight is 754 g/mol. The molecule has 10 rings (SSSR count). The third kappa shape index (κ3) is 5.97. The molecule has 2 aliphatic rings. The molecule has 0 fully saturated rings. The van der Waals surface area contributed by atoms with Gasteiger partial charge in [-0.15, -0.1) is 0 Å². The minimum atomic E-state index is -0.376. The summed E-state index contributed by atoms with van der Waals surface area (Å²) in [4.78, 5) is 5.28. The van der Waals surface area contributed by atoms with E-state index in [-0.39, 0.29) is 11.3 Å². The van der Waals surface area contributed by atoms with Gasteiger partial charge >= 0.3 is 0 Å². The van der Waals surface area contributed by atoms with Crippen molar-refractivity contribution in [2.24, 2.45) is 10.9 Å². The molecule has 0 aliphatic heterocycles. The lowest BCUT2D eigenvalue weighted by Gasteiger charge is -2.30. The largest absolute Gasteiger partial charge is 0.252 e. The summed E-state index contributed by atoms with van der Waals surface area (Å²) in [6.07, 6.45) is 4.22. The first-order valence-corrected chi connectivity index (χ1v) is 20.4. The molecular formula is C58H43N. The van der Waals surface area contributed by atoms with Gasteiger partial charge in [0.25, 0.3) is 0 Å². The van der Waals surface area contributed by atoms with E-state index < -0.39 is 0 Å². The third-order valence-electron chi connectivity index (χ3n) is 12.3. The average Bonchev–Trinajstić information content (AvgIpc) is 3.78. The maximum absolute atomic E-state index is 5.28. The minimum Gasteiger partial charge on any atom is -0.252 e. The van der Waals surface area contributed by atoms with Crippen LogP contribution in [0.25, 0.3) is 55.8 Å². The quantitative estimate of drug-likeness (QED) is 0.103. The van der Waals surface area contributed by atoms with E-state index in [9.17, 15) is 0 Å². The van der Waals surface area contributed by atoms with Crippen molar-refractivity contribution in [1.29, 1.82) is 0 Å². The van der Waals surface area contributed by atoms with Gasteiger partial charge in [-0.25, -0.2) is 0 Å². The SMILES string of the molecule is C=C/C(=C\C(C)C(=NC(=C)c1ccccc1)c1ccc(-c2cccc3c2-c2ccccc2C32c3ccccc3-c3ccccc32)cc1)c1ccc(-c2ccccc2)cc1. The zero-order valence-electron chi connectivity index (χ0n) is 33.1. The number of hydrogen-bond acceptors (Lipinski definition) is 1. The van der Waals surface area contributed by atoms with Gasteiger partial charge in [0.05, 0.1) is 16.8 Å². The lowest BCUT2D eigenvalue weighted by Crippen LogP contribution is -2.25. The van der Waals surface area contributed by atoms with Crippen LogP contribution in [-0.4, -0.2) is 5.71 Å². The fourth-order valence-electron chi connectivity index (χ4n) is 9.59. The second-order valence-electron chi connectivity index (χ2n) is 15.6. The van der Waals surface area contributed by atoms with Crippen molar-refractivity contribution in [3.8, 4) is 44.5 Å². The van der Waals surface area contributed by atoms with Gasteiger partial charge < -0.3 is 0 Å². The lowest BCUT2D eigenvalue weighted by molar-refractivity contribution is 0.794. The smallest absolute Gasteiger partial charge is 0.0725 e. The van der Waals surface area contributed by atoms with Crippen LogP contribution >= 0.6 is 0 Å². The first kappa shape index (κ1) is 36.0. The van der Waals surface area contributed by atoms with Gasteiger partial charge in [0.15, 0.2) is 0 Å². The molecule has 0 amide bonds. The van der Waals surface area contributed by atoms with Crippen molar-refractivity contribution in [3.63, 3.8) is 0 Å². The number of nitrogens with zero attached hydrogens (tertiary/aromatic N) is 1. The first-order valence-electron chi connectivity index (χ1n) is 20.4. The molecule has 59 heavy (non-hydrogen) atoms. The van der Waals surface area contributed by atoms with E-state index in [1.807, 2.05) is 30.3 Å². The Labute approximate surface area is 347 Å². The number of rotatable bonds is 9. The molecule has 280 valence electrons. The molecule has 8 aromatic carbocycles. The maximum Gasteiger partial charge on any atom is 0.0725 e. The summed E-state index contributed by atoms with van der Waals surface area (Å²) in [7, 11) is 0. The lowest BCUT2D eigenvalue weighted by atomic mass is 9.70. The van der Waals surface area contributed by atoms with Crippen molar-refractivity contribution in [3.05, 3.63) is 264 Å². The first-order chi connectivity index (χ1) is 29.1. The van der Waals surface area contributed by atoms with Crippen LogP contribution < -0.4 is 0 Å². The van der Waals surface area contributed by atoms with E-state index in [1.165, 1.54) is 66.8 Å². The van der Waals surface area contributed by atoms with Crippen molar-refractivity contribution in [1.82, 2.24) is 0 Å². The van der Waals surface area contributed by atoms with Crippen LogP contribution in [-0.2, 0) is 5.41 Å². The summed E-state index contributed by atoms with van der Waals surface area (Å²) in [5.41, 5.74) is 21.0. The molecule has 0 saturated heterocycles. The predicted octanol–water partition coefficient (Wildman–Crippen LogP) is 14.7. The highest BCUT2D eigenvalue weighted by molar-refractivity contribution is 6.07.